The van der Waals surface area contributed by atoms with E-state index in [-0.39, 0.29) is 24.7 Å². The Morgan fingerprint density at radius 1 is 1.22 bits per heavy atom. The van der Waals surface area contributed by atoms with Crippen LogP contribution in [0.25, 0.3) is 10.9 Å². The second-order valence-electron chi connectivity index (χ2n) is 7.62. The number of hydrogen-bond donors (Lipinski definition) is 1. The first-order valence-electron chi connectivity index (χ1n) is 10.8. The fourth-order valence-corrected chi connectivity index (χ4v) is 4.70. The number of nitrogens with one attached hydrogen (secondary N) is 1. The summed E-state index contributed by atoms with van der Waals surface area (Å²) in [6.45, 7) is 0.770. The zero-order valence-corrected chi connectivity index (χ0v) is 27.2. The Hall–Kier alpha value is -0.550. The van der Waals surface area contributed by atoms with Crippen LogP contribution in [0.2, 0.25) is 0 Å². The minimum atomic E-state index is -0.416. The van der Waals surface area contributed by atoms with E-state index in [9.17, 15) is 4.79 Å². The minimum absolute atomic E-state index is 0.111. The van der Waals surface area contributed by atoms with E-state index in [1.54, 1.807) is 0 Å². The van der Waals surface area contributed by atoms with Crippen molar-refractivity contribution < 1.29 is 37.1 Å². The number of hydrogen-bond acceptors (Lipinski definition) is 6. The smallest absolute Gasteiger partial charge is 0.134 e. The van der Waals surface area contributed by atoms with Crippen LogP contribution in [0.3, 0.4) is 0 Å². The van der Waals surface area contributed by atoms with E-state index in [1.807, 2.05) is 30.3 Å². The molecule has 0 unspecified atom stereocenters. The number of para-hydroxylation sites is 1. The van der Waals surface area contributed by atoms with E-state index in [1.165, 1.54) is 7.11 Å². The number of carbonyl (C=O) groups is 2. The Kier molecular flexibility index (Phi) is 12.6. The molecule has 0 aliphatic carbocycles. The van der Waals surface area contributed by atoms with Gasteiger partial charge in [-0.05, 0) is 29.3 Å². The van der Waals surface area contributed by atoms with Crippen molar-refractivity contribution in [2.75, 3.05) is 32.2 Å². The number of nitrogens with zero attached hydrogens (tertiary/aromatic N) is 1. The van der Waals surface area contributed by atoms with Crippen molar-refractivity contribution in [3.63, 3.8) is 0 Å². The summed E-state index contributed by atoms with van der Waals surface area (Å²) in [4.78, 5) is 27.5. The first-order chi connectivity index (χ1) is 17.5. The number of fused-ring (bicyclic) bond motifs is 4. The molecule has 5 rings (SSSR count). The number of aldehydes is 1. The van der Waals surface area contributed by atoms with E-state index < -0.39 is 6.04 Å². The van der Waals surface area contributed by atoms with E-state index in [0.717, 1.165) is 33.5 Å². The standard InChI is InChI=1S/C22H21ClN2O4.C2H3ClO.I3/c1-27-22(26)17-11-15-14-4-2-3-5-16(14)24-20(15)21(25(17)9-8-23)13-6-7-18-19(10-13)29-12-28-18;3-1-2-4;1-3-2/h2-7,10,17,21,24H,8-9,11-12H2,1H3;2H,1H2;/q;;-1/t17-,21+;;/m1../s1. The third kappa shape index (κ3) is 6.90. The Balaban J connectivity index is 0.000000463. The molecule has 0 saturated heterocycles. The van der Waals surface area contributed by atoms with Crippen LogP contribution in [0.4, 0.5) is 0 Å². The number of ether oxygens (including phenoxy) is 3. The number of rotatable bonds is 5. The van der Waals surface area contributed by atoms with Crippen LogP contribution in [-0.4, -0.2) is 60.4 Å². The molecular weight excluding hydrogens is 848 g/mol. The van der Waals surface area contributed by atoms with E-state index in [2.05, 4.69) is 59.2 Å². The summed E-state index contributed by atoms with van der Waals surface area (Å²) >= 11 is 16.3. The molecule has 12 heteroatoms. The first-order valence-corrected chi connectivity index (χ1v) is 24.4. The van der Waals surface area contributed by atoms with Crippen LogP contribution in [0.15, 0.2) is 42.5 Å². The van der Waals surface area contributed by atoms with Crippen LogP contribution in [0.5, 0.6) is 11.5 Å². The average molecular weight is 872 g/mol. The monoisotopic (exact) mass is 871 g/mol. The van der Waals surface area contributed by atoms with Crippen LogP contribution < -0.4 is 22.7 Å². The Labute approximate surface area is 249 Å². The summed E-state index contributed by atoms with van der Waals surface area (Å²) in [6, 6.07) is 13.5. The van der Waals surface area contributed by atoms with Crippen molar-refractivity contribution in [1.29, 1.82) is 0 Å². The molecule has 3 aromatic rings. The largest absolute Gasteiger partial charge is 0.302 e. The average Bonchev–Trinajstić information content (AvgIpc) is 3.52. The molecule has 1 N–H and O–H groups in total. The number of halogens is 5. The van der Waals surface area contributed by atoms with Crippen molar-refractivity contribution in [2.45, 2.75) is 18.5 Å². The predicted molar refractivity (Wildman–Crippen MR) is 154 cm³/mol. The van der Waals surface area contributed by atoms with Gasteiger partial charge in [0, 0.05) is 35.4 Å². The number of aromatic nitrogens is 1. The SMILES string of the molecule is COC(=O)[C@H]1Cc2c([nH]c3ccccc23)[C@H](c2ccc3c(c2)OCO3)N1CCCl.I[I-]I.O=CCCl. The van der Waals surface area contributed by atoms with Gasteiger partial charge in [0.1, 0.15) is 12.3 Å². The zero-order valence-electron chi connectivity index (χ0n) is 19.2. The van der Waals surface area contributed by atoms with Crippen LogP contribution in [0, 0.1) is 0 Å². The molecule has 0 spiro atoms. The number of aromatic amines is 1. The van der Waals surface area contributed by atoms with Crippen molar-refractivity contribution in [3.8, 4) is 11.5 Å². The maximum atomic E-state index is 12.7. The number of carbonyl (C=O) groups excluding carboxylic acids is 2. The third-order valence-corrected chi connectivity index (χ3v) is 6.14. The zero-order chi connectivity index (χ0) is 26.1. The van der Waals surface area contributed by atoms with Gasteiger partial charge in [-0.25, -0.2) is 0 Å². The van der Waals surface area contributed by atoms with Gasteiger partial charge in [0.05, 0.1) is 19.0 Å². The molecular formula is C24H24Cl2I3N2O5-. The quantitative estimate of drug-likeness (QED) is 0.184. The van der Waals surface area contributed by atoms with Gasteiger partial charge in [0.2, 0.25) is 6.79 Å². The number of alkyl halides is 2. The van der Waals surface area contributed by atoms with Gasteiger partial charge in [0.15, 0.2) is 11.5 Å². The van der Waals surface area contributed by atoms with E-state index in [0.29, 0.717) is 44.1 Å². The van der Waals surface area contributed by atoms with Gasteiger partial charge in [-0.3, -0.25) is 9.69 Å². The van der Waals surface area contributed by atoms with Gasteiger partial charge < -0.3 is 24.0 Å². The topological polar surface area (TPSA) is 80.9 Å². The van der Waals surface area contributed by atoms with Gasteiger partial charge in [-0.1, -0.05) is 24.3 Å². The van der Waals surface area contributed by atoms with Gasteiger partial charge in [-0.15, -0.1) is 23.2 Å². The summed E-state index contributed by atoms with van der Waals surface area (Å²) in [5.41, 5.74) is 4.29. The molecule has 2 aliphatic rings. The normalized spacial score (nSPS) is 17.9. The number of methoxy groups -OCH3 is 1. The fourth-order valence-electron chi connectivity index (χ4n) is 4.51. The molecule has 196 valence electrons. The van der Waals surface area contributed by atoms with Crippen LogP contribution in [-0.2, 0) is 20.7 Å². The molecule has 0 fully saturated rings. The van der Waals surface area contributed by atoms with Gasteiger partial charge in [-0.2, -0.15) is 0 Å². The van der Waals surface area contributed by atoms with Crippen molar-refractivity contribution in [2.24, 2.45) is 0 Å². The van der Waals surface area contributed by atoms with Crippen LogP contribution in [0.1, 0.15) is 22.9 Å². The second-order valence-corrected chi connectivity index (χ2v) is 24.6. The molecule has 3 heterocycles. The van der Waals surface area contributed by atoms with Crippen LogP contribution >= 0.6 is 60.4 Å². The predicted octanol–water partition coefficient (Wildman–Crippen LogP) is 2.82. The second kappa shape index (κ2) is 15.1. The van der Waals surface area contributed by atoms with Crippen molar-refractivity contribution >= 4 is 83.6 Å². The molecule has 0 bridgehead atoms. The Bertz CT molecular complexity index is 1180. The summed E-state index contributed by atoms with van der Waals surface area (Å²) < 4.78 is 16.2. The molecule has 0 radical (unpaired) electrons. The molecule has 0 saturated carbocycles. The summed E-state index contributed by atoms with van der Waals surface area (Å²) in [5, 5.41) is 1.13. The Morgan fingerprint density at radius 2 is 1.92 bits per heavy atom. The molecule has 1 aromatic heterocycles. The molecule has 2 atom stereocenters. The minimum Gasteiger partial charge on any atom is -0.302 e. The number of esters is 1. The summed E-state index contributed by atoms with van der Waals surface area (Å²) in [6.07, 6.45) is 1.21. The number of benzene rings is 2. The van der Waals surface area contributed by atoms with Crippen molar-refractivity contribution in [1.82, 2.24) is 9.88 Å². The first kappa shape index (κ1) is 30.0. The van der Waals surface area contributed by atoms with E-state index in [4.69, 9.17) is 42.2 Å². The Morgan fingerprint density at radius 3 is 2.58 bits per heavy atom. The molecule has 2 aromatic carbocycles. The fraction of sp³-hybridized carbons (Fsp3) is 0.333. The van der Waals surface area contributed by atoms with Gasteiger partial charge >= 0.3 is 56.5 Å². The molecule has 36 heavy (non-hydrogen) atoms. The van der Waals surface area contributed by atoms with E-state index >= 15 is 0 Å². The summed E-state index contributed by atoms with van der Waals surface area (Å²) in [5.74, 6) is 1.71. The third-order valence-electron chi connectivity index (χ3n) is 5.84. The molecule has 2 aliphatic heterocycles. The molecule has 0 amide bonds. The molecule has 7 nitrogen and oxygen atoms in total. The van der Waals surface area contributed by atoms with Gasteiger partial charge in [0.25, 0.3) is 0 Å². The number of H-pyrrole nitrogens is 1. The van der Waals surface area contributed by atoms with Crippen molar-refractivity contribution in [3.05, 3.63) is 59.3 Å². The maximum Gasteiger partial charge on any atom is 0.134 e. The summed E-state index contributed by atoms with van der Waals surface area (Å²) in [7, 11) is 1.43. The maximum absolute atomic E-state index is 12.7.